The lowest BCUT2D eigenvalue weighted by Crippen LogP contribution is -2.20. The zero-order chi connectivity index (χ0) is 23.0. The number of hydrogen-bond donors (Lipinski definition) is 0. The summed E-state index contributed by atoms with van der Waals surface area (Å²) >= 11 is 0. The van der Waals surface area contributed by atoms with Crippen LogP contribution in [0.25, 0.3) is 6.08 Å². The molecule has 1 saturated carbocycles. The lowest BCUT2D eigenvalue weighted by Gasteiger charge is -2.34. The van der Waals surface area contributed by atoms with Crippen molar-refractivity contribution in [2.75, 3.05) is 0 Å². The first-order valence-corrected chi connectivity index (χ1v) is 12.0. The monoisotopic (exact) mass is 420 g/mol. The second kappa shape index (κ2) is 8.94. The highest BCUT2D eigenvalue weighted by Gasteiger charge is 2.40. The summed E-state index contributed by atoms with van der Waals surface area (Å²) in [5, 5.41) is 0. The molecule has 2 aromatic carbocycles. The third-order valence-electron chi connectivity index (χ3n) is 7.20. The van der Waals surface area contributed by atoms with E-state index >= 15 is 0 Å². The van der Waals surface area contributed by atoms with E-state index in [0.717, 1.165) is 18.4 Å². The van der Waals surface area contributed by atoms with Crippen LogP contribution in [0.5, 0.6) is 0 Å². The van der Waals surface area contributed by atoms with Gasteiger partial charge in [0.25, 0.3) is 0 Å². The fraction of sp³-hybridized carbons (Fsp3) is 0.312. The Labute approximate surface area is 194 Å². The Hall–Kier alpha value is -2.86. The molecule has 0 saturated heterocycles. The normalized spacial score (nSPS) is 21.9. The Kier molecular flexibility index (Phi) is 6.24. The molecular weight excluding hydrogens is 384 g/mol. The molecule has 2 aliphatic carbocycles. The number of allylic oxidation sites excluding steroid dienone is 7. The average molecular weight is 421 g/mol. The van der Waals surface area contributed by atoms with E-state index in [0.29, 0.717) is 11.8 Å². The first kappa shape index (κ1) is 22.3. The molecule has 0 heteroatoms. The highest BCUT2D eigenvalue weighted by atomic mass is 14.4. The average Bonchev–Trinajstić information content (AvgIpc) is 3.07. The molecule has 0 radical (unpaired) electrons. The van der Waals surface area contributed by atoms with Gasteiger partial charge in [-0.15, -0.1) is 0 Å². The number of benzene rings is 2. The van der Waals surface area contributed by atoms with Crippen LogP contribution >= 0.6 is 0 Å². The summed E-state index contributed by atoms with van der Waals surface area (Å²) in [5.74, 6) is 1.14. The van der Waals surface area contributed by atoms with Crippen molar-refractivity contribution in [2.24, 2.45) is 5.92 Å². The van der Waals surface area contributed by atoms with Gasteiger partial charge in [-0.05, 0) is 77.2 Å². The van der Waals surface area contributed by atoms with Gasteiger partial charge in [-0.25, -0.2) is 0 Å². The molecule has 0 bridgehead atoms. The molecule has 2 unspecified atom stereocenters. The number of fused-ring (bicyclic) bond motifs is 1. The number of hydrogen-bond acceptors (Lipinski definition) is 0. The second-order valence-electron chi connectivity index (χ2n) is 9.84. The third kappa shape index (κ3) is 4.11. The smallest absolute Gasteiger partial charge is 0.0201 e. The largest absolute Gasteiger partial charge is 0.0958 e. The van der Waals surface area contributed by atoms with Crippen molar-refractivity contribution in [3.05, 3.63) is 123 Å². The van der Waals surface area contributed by atoms with Crippen LogP contribution in [0.1, 0.15) is 75.1 Å². The van der Waals surface area contributed by atoms with Gasteiger partial charge in [-0.1, -0.05) is 106 Å². The van der Waals surface area contributed by atoms with E-state index in [1.807, 2.05) is 0 Å². The first-order valence-electron chi connectivity index (χ1n) is 12.0. The maximum atomic E-state index is 4.63. The van der Waals surface area contributed by atoms with Gasteiger partial charge in [0.2, 0.25) is 0 Å². The minimum atomic E-state index is 0.287. The predicted molar refractivity (Wildman–Crippen MR) is 140 cm³/mol. The molecular formula is C32H36. The van der Waals surface area contributed by atoms with Crippen LogP contribution in [-0.4, -0.2) is 0 Å². The fourth-order valence-electron chi connectivity index (χ4n) is 5.43. The Morgan fingerprint density at radius 2 is 1.69 bits per heavy atom. The van der Waals surface area contributed by atoms with E-state index in [2.05, 4.69) is 108 Å². The summed E-state index contributed by atoms with van der Waals surface area (Å²) in [6.07, 6.45) is 6.81. The molecule has 0 amide bonds. The van der Waals surface area contributed by atoms with Crippen molar-refractivity contribution in [3.63, 3.8) is 0 Å². The standard InChI is InChI=1S/C32H36/c1-8-24-9-11-25(12-10-24)18-28-19-29-17-22(6)30(21(4)5)32(31(29)23(28)7)27-15-13-26(14-16-27)20(2)3/h9-18,20,31-32H,4,7-8,19H2,1-3,5-6H3/b28-18-. The van der Waals surface area contributed by atoms with Crippen molar-refractivity contribution >= 4 is 6.08 Å². The van der Waals surface area contributed by atoms with E-state index in [1.165, 1.54) is 50.1 Å². The van der Waals surface area contributed by atoms with E-state index in [4.69, 9.17) is 0 Å². The van der Waals surface area contributed by atoms with Gasteiger partial charge in [0.1, 0.15) is 0 Å². The molecule has 4 rings (SSSR count). The van der Waals surface area contributed by atoms with Gasteiger partial charge < -0.3 is 0 Å². The molecule has 1 fully saturated rings. The second-order valence-corrected chi connectivity index (χ2v) is 9.84. The summed E-state index contributed by atoms with van der Waals surface area (Å²) < 4.78 is 0. The van der Waals surface area contributed by atoms with Gasteiger partial charge in [0.05, 0.1) is 0 Å². The van der Waals surface area contributed by atoms with Gasteiger partial charge in [0.15, 0.2) is 0 Å². The van der Waals surface area contributed by atoms with Crippen molar-refractivity contribution < 1.29 is 0 Å². The molecule has 0 aliphatic heterocycles. The zero-order valence-corrected chi connectivity index (χ0v) is 20.3. The van der Waals surface area contributed by atoms with E-state index in [-0.39, 0.29) is 5.92 Å². The summed E-state index contributed by atoms with van der Waals surface area (Å²) in [4.78, 5) is 0. The molecule has 32 heavy (non-hydrogen) atoms. The van der Waals surface area contributed by atoms with Crippen LogP contribution in [0.15, 0.2) is 101 Å². The van der Waals surface area contributed by atoms with Gasteiger partial charge in [-0.2, -0.15) is 0 Å². The Balaban J connectivity index is 1.75. The molecule has 0 nitrogen and oxygen atoms in total. The highest BCUT2D eigenvalue weighted by Crippen LogP contribution is 2.54. The lowest BCUT2D eigenvalue weighted by atomic mass is 9.69. The van der Waals surface area contributed by atoms with Crippen molar-refractivity contribution in [3.8, 4) is 0 Å². The van der Waals surface area contributed by atoms with Crippen molar-refractivity contribution in [1.29, 1.82) is 0 Å². The molecule has 0 spiro atoms. The minimum Gasteiger partial charge on any atom is -0.0958 e. The summed E-state index contributed by atoms with van der Waals surface area (Å²) in [6.45, 7) is 20.1. The predicted octanol–water partition coefficient (Wildman–Crippen LogP) is 8.95. The van der Waals surface area contributed by atoms with Gasteiger partial charge in [-0.3, -0.25) is 0 Å². The van der Waals surface area contributed by atoms with Crippen LogP contribution in [0.3, 0.4) is 0 Å². The lowest BCUT2D eigenvalue weighted by molar-refractivity contribution is 0.625. The maximum absolute atomic E-state index is 4.63. The summed E-state index contributed by atoms with van der Waals surface area (Å²) in [6, 6.07) is 18.2. The topological polar surface area (TPSA) is 0 Å². The molecule has 0 heterocycles. The van der Waals surface area contributed by atoms with Crippen LogP contribution in [-0.2, 0) is 6.42 Å². The molecule has 0 N–H and O–H groups in total. The summed E-state index contributed by atoms with van der Waals surface area (Å²) in [7, 11) is 0. The molecule has 2 atom stereocenters. The number of aryl methyl sites for hydroxylation is 1. The van der Waals surface area contributed by atoms with Crippen LogP contribution < -0.4 is 0 Å². The van der Waals surface area contributed by atoms with E-state index < -0.39 is 0 Å². The number of rotatable bonds is 5. The minimum absolute atomic E-state index is 0.287. The first-order chi connectivity index (χ1) is 15.3. The quantitative estimate of drug-likeness (QED) is 0.453. The van der Waals surface area contributed by atoms with Crippen molar-refractivity contribution in [1.82, 2.24) is 0 Å². The molecule has 0 aromatic heterocycles. The molecule has 2 aromatic rings. The Bertz CT molecular complexity index is 1130. The third-order valence-corrected chi connectivity index (χ3v) is 7.20. The van der Waals surface area contributed by atoms with Gasteiger partial charge >= 0.3 is 0 Å². The van der Waals surface area contributed by atoms with Crippen LogP contribution in [0.4, 0.5) is 0 Å². The van der Waals surface area contributed by atoms with Gasteiger partial charge in [0, 0.05) is 11.8 Å². The maximum Gasteiger partial charge on any atom is 0.0201 e. The van der Waals surface area contributed by atoms with E-state index in [1.54, 1.807) is 0 Å². The Morgan fingerprint density at radius 3 is 2.25 bits per heavy atom. The van der Waals surface area contributed by atoms with Crippen molar-refractivity contribution in [2.45, 2.75) is 59.3 Å². The molecule has 2 aliphatic rings. The van der Waals surface area contributed by atoms with Crippen LogP contribution in [0.2, 0.25) is 0 Å². The fourth-order valence-corrected chi connectivity index (χ4v) is 5.43. The Morgan fingerprint density at radius 1 is 1.03 bits per heavy atom. The zero-order valence-electron chi connectivity index (χ0n) is 20.3. The van der Waals surface area contributed by atoms with Crippen LogP contribution in [0, 0.1) is 5.92 Å². The molecule has 164 valence electrons. The SMILES string of the molecule is C=C(C)C1=C(C)C=C2C/C(=C/c3ccc(CC)cc3)C(=C)C2C1c1ccc(C(C)C)cc1. The summed E-state index contributed by atoms with van der Waals surface area (Å²) in [5.41, 5.74) is 13.4. The van der Waals surface area contributed by atoms with E-state index in [9.17, 15) is 0 Å². The highest BCUT2D eigenvalue weighted by molar-refractivity contribution is 5.67.